The van der Waals surface area contributed by atoms with Crippen LogP contribution in [0.15, 0.2) is 59.7 Å². The molecule has 0 fully saturated rings. The zero-order valence-corrected chi connectivity index (χ0v) is 14.5. The van der Waals surface area contributed by atoms with Gasteiger partial charge in [-0.3, -0.25) is 4.79 Å². The predicted molar refractivity (Wildman–Crippen MR) is 97.2 cm³/mol. The second-order valence-electron chi connectivity index (χ2n) is 6.16. The maximum absolute atomic E-state index is 12.4. The molecular formula is C20H24N2O2. The maximum Gasteiger partial charge on any atom is 0.275 e. The molecule has 1 amide bonds. The highest BCUT2D eigenvalue weighted by Gasteiger charge is 2.12. The number of ether oxygens (including phenoxy) is 1. The van der Waals surface area contributed by atoms with Crippen molar-refractivity contribution in [1.82, 2.24) is 5.43 Å². The van der Waals surface area contributed by atoms with Gasteiger partial charge in [-0.15, -0.1) is 0 Å². The number of nitrogens with zero attached hydrogens (tertiary/aromatic N) is 1. The molecule has 24 heavy (non-hydrogen) atoms. The number of nitrogens with one attached hydrogen (secondary N) is 1. The van der Waals surface area contributed by atoms with Crippen molar-refractivity contribution in [2.24, 2.45) is 11.0 Å². The molecule has 0 heterocycles. The molecule has 0 aliphatic rings. The quantitative estimate of drug-likeness (QED) is 0.605. The van der Waals surface area contributed by atoms with Crippen molar-refractivity contribution in [3.8, 4) is 5.75 Å². The minimum atomic E-state index is -0.262. The summed E-state index contributed by atoms with van der Waals surface area (Å²) in [5.74, 6) is 0.796. The van der Waals surface area contributed by atoms with E-state index >= 15 is 0 Å². The lowest BCUT2D eigenvalue weighted by molar-refractivity contribution is 0.0950. The lowest BCUT2D eigenvalue weighted by atomic mass is 10.1. The molecule has 2 rings (SSSR count). The Hall–Kier alpha value is -2.62. The van der Waals surface area contributed by atoms with Crippen molar-refractivity contribution >= 4 is 11.6 Å². The normalized spacial score (nSPS) is 11.4. The van der Waals surface area contributed by atoms with Crippen molar-refractivity contribution in [3.05, 3.63) is 65.7 Å². The summed E-state index contributed by atoms with van der Waals surface area (Å²) in [5.41, 5.74) is 5.05. The van der Waals surface area contributed by atoms with E-state index in [0.29, 0.717) is 23.8 Å². The summed E-state index contributed by atoms with van der Waals surface area (Å²) in [6.45, 7) is 6.57. The Balaban J connectivity index is 2.03. The van der Waals surface area contributed by atoms with Crippen LogP contribution in [0.25, 0.3) is 0 Å². The van der Waals surface area contributed by atoms with Gasteiger partial charge in [-0.2, -0.15) is 5.10 Å². The number of benzene rings is 2. The van der Waals surface area contributed by atoms with Crippen molar-refractivity contribution in [2.75, 3.05) is 0 Å². The Bertz CT molecular complexity index is 694. The summed E-state index contributed by atoms with van der Waals surface area (Å²) in [4.78, 5) is 12.4. The first-order valence-corrected chi connectivity index (χ1v) is 8.15. The van der Waals surface area contributed by atoms with Gasteiger partial charge < -0.3 is 4.74 Å². The fourth-order valence-corrected chi connectivity index (χ4v) is 2.36. The summed E-state index contributed by atoms with van der Waals surface area (Å²) < 4.78 is 5.81. The van der Waals surface area contributed by atoms with Gasteiger partial charge in [-0.1, -0.05) is 56.3 Å². The smallest absolute Gasteiger partial charge is 0.275 e. The van der Waals surface area contributed by atoms with Gasteiger partial charge in [0.2, 0.25) is 0 Å². The Labute approximate surface area is 143 Å². The topological polar surface area (TPSA) is 50.7 Å². The molecular weight excluding hydrogens is 300 g/mol. The minimum absolute atomic E-state index is 0.262. The number of rotatable bonds is 7. The predicted octanol–water partition coefficient (Wildman–Crippen LogP) is 4.42. The van der Waals surface area contributed by atoms with Crippen LogP contribution in [0.5, 0.6) is 5.75 Å². The molecule has 2 aromatic rings. The molecule has 2 aromatic carbocycles. The van der Waals surface area contributed by atoms with E-state index in [2.05, 4.69) is 24.4 Å². The van der Waals surface area contributed by atoms with Gasteiger partial charge in [0, 0.05) is 5.71 Å². The summed E-state index contributed by atoms with van der Waals surface area (Å²) in [6.07, 6.45) is 0.854. The van der Waals surface area contributed by atoms with Gasteiger partial charge in [-0.25, -0.2) is 5.43 Å². The van der Waals surface area contributed by atoms with Crippen LogP contribution >= 0.6 is 0 Å². The lowest BCUT2D eigenvalue weighted by Gasteiger charge is -2.11. The van der Waals surface area contributed by atoms with Crippen LogP contribution in [0, 0.1) is 5.92 Å². The van der Waals surface area contributed by atoms with E-state index in [1.54, 1.807) is 12.1 Å². The summed E-state index contributed by atoms with van der Waals surface area (Å²) in [6, 6.07) is 17.1. The summed E-state index contributed by atoms with van der Waals surface area (Å²) in [5, 5.41) is 4.16. The number of hydrogen-bond donors (Lipinski definition) is 1. The second kappa shape index (κ2) is 8.87. The van der Waals surface area contributed by atoms with Crippen LogP contribution in [-0.4, -0.2) is 11.6 Å². The third-order valence-corrected chi connectivity index (χ3v) is 3.42. The van der Waals surface area contributed by atoms with Crippen LogP contribution in [-0.2, 0) is 6.61 Å². The zero-order valence-electron chi connectivity index (χ0n) is 14.5. The number of amides is 1. The van der Waals surface area contributed by atoms with E-state index in [-0.39, 0.29) is 5.91 Å². The first-order valence-electron chi connectivity index (χ1n) is 8.15. The molecule has 4 nitrogen and oxygen atoms in total. The monoisotopic (exact) mass is 324 g/mol. The molecule has 0 aliphatic heterocycles. The third-order valence-electron chi connectivity index (χ3n) is 3.42. The van der Waals surface area contributed by atoms with Crippen LogP contribution < -0.4 is 10.2 Å². The van der Waals surface area contributed by atoms with Gasteiger partial charge in [0.25, 0.3) is 5.91 Å². The fraction of sp³-hybridized carbons (Fsp3) is 0.300. The standard InChI is InChI=1S/C20H24N2O2/c1-15(2)13-16(3)21-22-20(23)18-11-7-8-12-19(18)24-14-17-9-5-4-6-10-17/h4-12,15H,13-14H2,1-3H3,(H,22,23). The van der Waals surface area contributed by atoms with Crippen LogP contribution in [0.2, 0.25) is 0 Å². The fourth-order valence-electron chi connectivity index (χ4n) is 2.36. The molecule has 0 atom stereocenters. The van der Waals surface area contributed by atoms with Gasteiger partial charge >= 0.3 is 0 Å². The largest absolute Gasteiger partial charge is 0.488 e. The first kappa shape index (κ1) is 17.7. The van der Waals surface area contributed by atoms with Gasteiger partial charge in [-0.05, 0) is 37.0 Å². The van der Waals surface area contributed by atoms with E-state index in [4.69, 9.17) is 4.74 Å². The van der Waals surface area contributed by atoms with Crippen molar-refractivity contribution in [2.45, 2.75) is 33.8 Å². The average Bonchev–Trinajstić information content (AvgIpc) is 2.58. The first-order chi connectivity index (χ1) is 11.6. The number of para-hydroxylation sites is 1. The lowest BCUT2D eigenvalue weighted by Crippen LogP contribution is -2.20. The Morgan fingerprint density at radius 2 is 1.75 bits per heavy atom. The summed E-state index contributed by atoms with van der Waals surface area (Å²) >= 11 is 0. The molecule has 0 unspecified atom stereocenters. The Morgan fingerprint density at radius 1 is 1.08 bits per heavy atom. The van der Waals surface area contributed by atoms with E-state index in [1.165, 1.54) is 0 Å². The Morgan fingerprint density at radius 3 is 2.46 bits per heavy atom. The highest BCUT2D eigenvalue weighted by molar-refractivity contribution is 5.97. The molecule has 0 saturated heterocycles. The number of hydrazone groups is 1. The van der Waals surface area contributed by atoms with E-state index in [9.17, 15) is 4.79 Å². The molecule has 0 spiro atoms. The molecule has 126 valence electrons. The van der Waals surface area contributed by atoms with E-state index in [1.807, 2.05) is 49.4 Å². The second-order valence-corrected chi connectivity index (χ2v) is 6.16. The van der Waals surface area contributed by atoms with Crippen molar-refractivity contribution < 1.29 is 9.53 Å². The molecule has 0 aromatic heterocycles. The van der Waals surface area contributed by atoms with Crippen LogP contribution in [0.3, 0.4) is 0 Å². The average molecular weight is 324 g/mol. The maximum atomic E-state index is 12.4. The molecule has 0 bridgehead atoms. The third kappa shape index (κ3) is 5.54. The number of carbonyl (C=O) groups excluding carboxylic acids is 1. The number of hydrogen-bond acceptors (Lipinski definition) is 3. The molecule has 0 saturated carbocycles. The molecule has 1 N–H and O–H groups in total. The Kier molecular flexibility index (Phi) is 6.55. The van der Waals surface area contributed by atoms with Gasteiger partial charge in [0.1, 0.15) is 12.4 Å². The molecule has 4 heteroatoms. The molecule has 0 aliphatic carbocycles. The van der Waals surface area contributed by atoms with Crippen molar-refractivity contribution in [3.63, 3.8) is 0 Å². The van der Waals surface area contributed by atoms with E-state index < -0.39 is 0 Å². The van der Waals surface area contributed by atoms with Crippen LogP contribution in [0.1, 0.15) is 43.1 Å². The van der Waals surface area contributed by atoms with Crippen molar-refractivity contribution in [1.29, 1.82) is 0 Å². The minimum Gasteiger partial charge on any atom is -0.488 e. The van der Waals surface area contributed by atoms with Crippen LogP contribution in [0.4, 0.5) is 0 Å². The zero-order chi connectivity index (χ0) is 17.4. The highest BCUT2D eigenvalue weighted by atomic mass is 16.5. The molecule has 0 radical (unpaired) electrons. The summed E-state index contributed by atoms with van der Waals surface area (Å²) in [7, 11) is 0. The highest BCUT2D eigenvalue weighted by Crippen LogP contribution is 2.19. The number of carbonyl (C=O) groups is 1. The van der Waals surface area contributed by atoms with Gasteiger partial charge in [0.15, 0.2) is 0 Å². The van der Waals surface area contributed by atoms with E-state index in [0.717, 1.165) is 17.7 Å². The van der Waals surface area contributed by atoms with Gasteiger partial charge in [0.05, 0.1) is 5.56 Å². The SMILES string of the molecule is CC(CC(C)C)=NNC(=O)c1ccccc1OCc1ccccc1.